The minimum absolute atomic E-state index is 0.406. The van der Waals surface area contributed by atoms with Crippen LogP contribution < -0.4 is 0 Å². The van der Waals surface area contributed by atoms with Crippen LogP contribution in [-0.4, -0.2) is 46.9 Å². The first-order chi connectivity index (χ1) is 6.74. The van der Waals surface area contributed by atoms with Crippen LogP contribution in [0, 0.1) is 5.41 Å². The summed E-state index contributed by atoms with van der Waals surface area (Å²) < 4.78 is 0. The number of aliphatic hydroxyl groups is 4. The van der Waals surface area contributed by atoms with E-state index in [1.807, 2.05) is 0 Å². The molecule has 1 aliphatic rings. The van der Waals surface area contributed by atoms with Gasteiger partial charge >= 0.3 is 0 Å². The number of aliphatic hydroxyl groups excluding tert-OH is 4. The summed E-state index contributed by atoms with van der Waals surface area (Å²) in [4.78, 5) is 0. The molecule has 84 valence electrons. The van der Waals surface area contributed by atoms with Crippen molar-refractivity contribution < 1.29 is 20.4 Å². The third-order valence-corrected chi connectivity index (χ3v) is 4.96. The molecule has 0 radical (unpaired) electrons. The van der Waals surface area contributed by atoms with Gasteiger partial charge in [-0.25, -0.2) is 0 Å². The van der Waals surface area contributed by atoms with E-state index in [-0.39, 0.29) is 0 Å². The fourth-order valence-electron chi connectivity index (χ4n) is 0.413. The van der Waals surface area contributed by atoms with E-state index in [1.165, 1.54) is 0 Å². The van der Waals surface area contributed by atoms with Gasteiger partial charge in [0.2, 0.25) is 0 Å². The Labute approximate surface area is 94.6 Å². The van der Waals surface area contributed by atoms with Crippen LogP contribution in [0.4, 0.5) is 0 Å². The van der Waals surface area contributed by atoms with Crippen LogP contribution in [0.2, 0.25) is 0 Å². The third kappa shape index (κ3) is 5.50. The highest BCUT2D eigenvalue weighted by molar-refractivity contribution is 9.11. The van der Waals surface area contributed by atoms with Gasteiger partial charge in [-0.15, -0.1) is 0 Å². The zero-order chi connectivity index (χ0) is 10.9. The molecule has 0 aliphatic carbocycles. The fourth-order valence-corrected chi connectivity index (χ4v) is 3.36. The van der Waals surface area contributed by atoms with Crippen molar-refractivity contribution >= 4 is 31.4 Å². The summed E-state index contributed by atoms with van der Waals surface area (Å²) >= 11 is 0. The van der Waals surface area contributed by atoms with Gasteiger partial charge in [0, 0.05) is 0 Å². The molecule has 0 unspecified atom stereocenters. The Hall–Kier alpha value is 0.630. The summed E-state index contributed by atoms with van der Waals surface area (Å²) in [7, 11) is 5.34. The smallest absolute Gasteiger partial charge is 0.0627 e. The van der Waals surface area contributed by atoms with Gasteiger partial charge in [0.25, 0.3) is 0 Å². The Bertz CT molecular complexity index is 138. The average Bonchev–Trinajstić information content (AvgIpc) is 2.80. The predicted molar refractivity (Wildman–Crippen MR) is 62.7 cm³/mol. The third-order valence-electron chi connectivity index (χ3n) is 1.59. The van der Waals surface area contributed by atoms with E-state index in [0.717, 1.165) is 0 Å². The standard InChI is InChI=1S/C5H12O4.C2H2S3/c6-1-5(2-7,3-8)4-9;1-2-4-5-3-1/h6-9H,1-4H2;1-2H. The van der Waals surface area contributed by atoms with E-state index in [1.54, 1.807) is 31.4 Å². The van der Waals surface area contributed by atoms with E-state index in [4.69, 9.17) is 20.4 Å². The Morgan fingerprint density at radius 3 is 1.21 bits per heavy atom. The van der Waals surface area contributed by atoms with Crippen LogP contribution >= 0.6 is 31.4 Å². The van der Waals surface area contributed by atoms with E-state index < -0.39 is 31.8 Å². The van der Waals surface area contributed by atoms with Crippen LogP contribution in [0.3, 0.4) is 0 Å². The van der Waals surface area contributed by atoms with Gasteiger partial charge in [-0.1, -0.05) is 21.6 Å². The molecule has 1 heterocycles. The van der Waals surface area contributed by atoms with Gasteiger partial charge in [-0.3, -0.25) is 0 Å². The number of hydrogen-bond acceptors (Lipinski definition) is 7. The summed E-state index contributed by atoms with van der Waals surface area (Å²) in [5.74, 6) is 0. The molecular formula is C7H14O4S3. The topological polar surface area (TPSA) is 80.9 Å². The lowest BCUT2D eigenvalue weighted by Crippen LogP contribution is -2.37. The molecule has 1 aliphatic heterocycles. The Balaban J connectivity index is 0.000000280. The molecule has 7 heteroatoms. The second kappa shape index (κ2) is 8.90. The molecule has 0 aromatic carbocycles. The van der Waals surface area contributed by atoms with Crippen LogP contribution in [0.15, 0.2) is 10.8 Å². The van der Waals surface area contributed by atoms with Crippen molar-refractivity contribution in [2.24, 2.45) is 5.41 Å². The second-order valence-electron chi connectivity index (χ2n) is 2.67. The summed E-state index contributed by atoms with van der Waals surface area (Å²) in [5, 5.41) is 38.1. The first-order valence-corrected chi connectivity index (χ1v) is 7.43. The summed E-state index contributed by atoms with van der Waals surface area (Å²) in [5.41, 5.74) is -1.11. The highest BCUT2D eigenvalue weighted by Crippen LogP contribution is 2.42. The van der Waals surface area contributed by atoms with Crippen LogP contribution in [0.5, 0.6) is 0 Å². The van der Waals surface area contributed by atoms with Crippen molar-refractivity contribution in [1.82, 2.24) is 0 Å². The van der Waals surface area contributed by atoms with Gasteiger partial charge in [0.1, 0.15) is 0 Å². The summed E-state index contributed by atoms with van der Waals surface area (Å²) in [6.07, 6.45) is 0. The van der Waals surface area contributed by atoms with Crippen LogP contribution in [0.25, 0.3) is 0 Å². The zero-order valence-electron chi connectivity index (χ0n) is 7.50. The first kappa shape index (κ1) is 14.6. The Morgan fingerprint density at radius 1 is 0.786 bits per heavy atom. The lowest BCUT2D eigenvalue weighted by Gasteiger charge is -2.23. The monoisotopic (exact) mass is 258 g/mol. The van der Waals surface area contributed by atoms with E-state index in [0.29, 0.717) is 0 Å². The highest BCUT2D eigenvalue weighted by Gasteiger charge is 2.26. The molecule has 0 fully saturated rings. The van der Waals surface area contributed by atoms with Crippen molar-refractivity contribution in [3.63, 3.8) is 0 Å². The highest BCUT2D eigenvalue weighted by atomic mass is 33.5. The molecule has 0 spiro atoms. The largest absolute Gasteiger partial charge is 0.396 e. The Kier molecular flexibility index (Phi) is 9.30. The lowest BCUT2D eigenvalue weighted by atomic mass is 9.93. The van der Waals surface area contributed by atoms with Gasteiger partial charge in [0.15, 0.2) is 0 Å². The molecule has 0 aromatic rings. The van der Waals surface area contributed by atoms with Gasteiger partial charge in [0.05, 0.1) is 31.8 Å². The molecule has 0 saturated heterocycles. The quantitative estimate of drug-likeness (QED) is 0.545. The summed E-state index contributed by atoms with van der Waals surface area (Å²) in [6, 6.07) is 0. The second-order valence-corrected chi connectivity index (χ2v) is 6.52. The maximum absolute atomic E-state index is 8.50. The van der Waals surface area contributed by atoms with E-state index in [9.17, 15) is 0 Å². The van der Waals surface area contributed by atoms with Crippen molar-refractivity contribution in [3.05, 3.63) is 10.8 Å². The lowest BCUT2D eigenvalue weighted by molar-refractivity contribution is -0.0328. The normalized spacial score (nSPS) is 15.1. The van der Waals surface area contributed by atoms with Gasteiger partial charge < -0.3 is 20.4 Å². The van der Waals surface area contributed by atoms with Crippen LogP contribution in [0.1, 0.15) is 0 Å². The average molecular weight is 258 g/mol. The minimum atomic E-state index is -1.11. The van der Waals surface area contributed by atoms with Gasteiger partial charge in [-0.05, 0) is 20.6 Å². The molecule has 0 amide bonds. The molecule has 0 atom stereocenters. The molecular weight excluding hydrogens is 244 g/mol. The molecule has 1 rings (SSSR count). The van der Waals surface area contributed by atoms with E-state index >= 15 is 0 Å². The van der Waals surface area contributed by atoms with Crippen molar-refractivity contribution in [1.29, 1.82) is 0 Å². The molecule has 0 saturated carbocycles. The first-order valence-electron chi connectivity index (χ1n) is 3.82. The molecule has 4 nitrogen and oxygen atoms in total. The maximum atomic E-state index is 8.50. The van der Waals surface area contributed by atoms with Gasteiger partial charge in [-0.2, -0.15) is 0 Å². The van der Waals surface area contributed by atoms with Crippen molar-refractivity contribution in [2.75, 3.05) is 26.4 Å². The SMILES string of the molecule is C1=CSSS1.OCC(CO)(CO)CO. The number of rotatable bonds is 4. The zero-order valence-corrected chi connectivity index (χ0v) is 9.95. The van der Waals surface area contributed by atoms with E-state index in [2.05, 4.69) is 10.8 Å². The Morgan fingerprint density at radius 2 is 1.14 bits per heavy atom. The number of hydrogen-bond donors (Lipinski definition) is 4. The maximum Gasteiger partial charge on any atom is 0.0627 e. The van der Waals surface area contributed by atoms with Crippen LogP contribution in [-0.2, 0) is 0 Å². The van der Waals surface area contributed by atoms with Crippen molar-refractivity contribution in [2.45, 2.75) is 0 Å². The minimum Gasteiger partial charge on any atom is -0.396 e. The molecule has 4 N–H and O–H groups in total. The molecule has 0 bridgehead atoms. The fraction of sp³-hybridized carbons (Fsp3) is 0.714. The molecule has 14 heavy (non-hydrogen) atoms. The van der Waals surface area contributed by atoms with Crippen molar-refractivity contribution in [3.8, 4) is 0 Å². The predicted octanol–water partition coefficient (Wildman–Crippen LogP) is 0.443. The molecule has 0 aromatic heterocycles. The summed E-state index contributed by atoms with van der Waals surface area (Å²) in [6.45, 7) is -1.62.